The van der Waals surface area contributed by atoms with Crippen molar-refractivity contribution < 1.29 is 9.53 Å². The molecule has 2 aromatic heterocycles. The van der Waals surface area contributed by atoms with Crippen LogP contribution in [-0.4, -0.2) is 50.9 Å². The average Bonchev–Trinajstić information content (AvgIpc) is 3.48. The molecule has 6 rings (SSSR count). The number of carbonyl (C=O) groups excluding carboxylic acids is 1. The maximum absolute atomic E-state index is 13.5. The molecule has 0 saturated carbocycles. The van der Waals surface area contributed by atoms with Crippen molar-refractivity contribution in [2.24, 2.45) is 5.92 Å². The number of methoxy groups -OCH3 is 1. The summed E-state index contributed by atoms with van der Waals surface area (Å²) in [7, 11) is 1.63. The van der Waals surface area contributed by atoms with Crippen LogP contribution >= 0.6 is 11.8 Å². The summed E-state index contributed by atoms with van der Waals surface area (Å²) < 4.78 is 9.04. The third-order valence-corrected chi connectivity index (χ3v) is 8.26. The van der Waals surface area contributed by atoms with E-state index in [-0.39, 0.29) is 18.0 Å². The van der Waals surface area contributed by atoms with Gasteiger partial charge in [-0.1, -0.05) is 42.1 Å². The SMILES string of the molecule is COc1ccc2c(c1)c1nc3n(c(=O)c1n2CC(=O)N1CCC(Cc2ccccc2)CC1)CCS3. The van der Waals surface area contributed by atoms with E-state index in [1.165, 1.54) is 5.56 Å². The minimum absolute atomic E-state index is 0.0528. The summed E-state index contributed by atoms with van der Waals surface area (Å²) in [6, 6.07) is 16.3. The Morgan fingerprint density at radius 3 is 2.69 bits per heavy atom. The first-order valence-corrected chi connectivity index (χ1v) is 13.2. The van der Waals surface area contributed by atoms with Crippen LogP contribution < -0.4 is 10.3 Å². The van der Waals surface area contributed by atoms with Gasteiger partial charge in [-0.25, -0.2) is 4.98 Å². The van der Waals surface area contributed by atoms with Gasteiger partial charge in [-0.3, -0.25) is 14.2 Å². The first-order valence-electron chi connectivity index (χ1n) is 12.2. The molecule has 0 unspecified atom stereocenters. The number of piperidine rings is 1. The van der Waals surface area contributed by atoms with Crippen molar-refractivity contribution in [3.8, 4) is 5.75 Å². The Labute approximate surface area is 207 Å². The molecule has 0 N–H and O–H groups in total. The first-order chi connectivity index (χ1) is 17.1. The number of hydrogen-bond donors (Lipinski definition) is 0. The van der Waals surface area contributed by atoms with Crippen molar-refractivity contribution in [2.45, 2.75) is 37.5 Å². The van der Waals surface area contributed by atoms with Crippen LogP contribution in [0, 0.1) is 5.92 Å². The number of amides is 1. The fourth-order valence-corrected chi connectivity index (χ4v) is 6.35. The molecule has 2 aliphatic heterocycles. The van der Waals surface area contributed by atoms with Gasteiger partial charge in [0, 0.05) is 30.8 Å². The van der Waals surface area contributed by atoms with Gasteiger partial charge in [-0.2, -0.15) is 0 Å². The Bertz CT molecular complexity index is 1470. The second-order valence-electron chi connectivity index (χ2n) is 9.38. The fourth-order valence-electron chi connectivity index (χ4n) is 5.41. The zero-order valence-corrected chi connectivity index (χ0v) is 20.6. The zero-order valence-electron chi connectivity index (χ0n) is 19.8. The molecule has 35 heavy (non-hydrogen) atoms. The summed E-state index contributed by atoms with van der Waals surface area (Å²) in [5.74, 6) is 2.19. The molecule has 0 aliphatic carbocycles. The van der Waals surface area contributed by atoms with E-state index in [0.717, 1.165) is 54.2 Å². The molecule has 0 spiro atoms. The van der Waals surface area contributed by atoms with Crippen molar-refractivity contribution in [2.75, 3.05) is 26.0 Å². The molecule has 4 aromatic rings. The van der Waals surface area contributed by atoms with Crippen LogP contribution in [0.5, 0.6) is 5.75 Å². The van der Waals surface area contributed by atoms with Crippen molar-refractivity contribution >= 4 is 39.6 Å². The lowest BCUT2D eigenvalue weighted by atomic mass is 9.90. The molecule has 0 radical (unpaired) electrons. The molecule has 1 fully saturated rings. The van der Waals surface area contributed by atoms with E-state index in [1.54, 1.807) is 23.4 Å². The van der Waals surface area contributed by atoms with Crippen LogP contribution in [-0.2, 0) is 24.3 Å². The van der Waals surface area contributed by atoms with Crippen LogP contribution in [0.25, 0.3) is 21.9 Å². The lowest BCUT2D eigenvalue weighted by Gasteiger charge is -2.32. The van der Waals surface area contributed by atoms with E-state index >= 15 is 0 Å². The number of ether oxygens (including phenoxy) is 1. The van der Waals surface area contributed by atoms with Gasteiger partial charge >= 0.3 is 0 Å². The highest BCUT2D eigenvalue weighted by atomic mass is 32.2. The van der Waals surface area contributed by atoms with Crippen molar-refractivity contribution in [1.29, 1.82) is 0 Å². The number of hydrogen-bond acceptors (Lipinski definition) is 5. The van der Waals surface area contributed by atoms with Gasteiger partial charge in [0.25, 0.3) is 5.56 Å². The number of thioether (sulfide) groups is 1. The standard InChI is InChI=1S/C27H28N4O3S/c1-34-20-7-8-22-21(16-20)24-25(26(33)30-13-14-35-27(30)28-24)31(22)17-23(32)29-11-9-19(10-12-29)15-18-5-3-2-4-6-18/h2-8,16,19H,9-15,17H2,1H3. The number of fused-ring (bicyclic) bond motifs is 4. The molecule has 0 bridgehead atoms. The molecular weight excluding hydrogens is 460 g/mol. The van der Waals surface area contributed by atoms with E-state index in [1.807, 2.05) is 33.7 Å². The van der Waals surface area contributed by atoms with Crippen LogP contribution in [0.2, 0.25) is 0 Å². The van der Waals surface area contributed by atoms with Crippen molar-refractivity contribution in [3.05, 3.63) is 64.4 Å². The zero-order chi connectivity index (χ0) is 23.9. The second-order valence-corrected chi connectivity index (χ2v) is 10.4. The Morgan fingerprint density at radius 2 is 1.91 bits per heavy atom. The molecule has 180 valence electrons. The predicted octanol–water partition coefficient (Wildman–Crippen LogP) is 3.95. The summed E-state index contributed by atoms with van der Waals surface area (Å²) in [4.78, 5) is 33.7. The van der Waals surface area contributed by atoms with Crippen LogP contribution in [0.15, 0.2) is 58.5 Å². The number of benzene rings is 2. The Balaban J connectivity index is 1.29. The van der Waals surface area contributed by atoms with E-state index < -0.39 is 0 Å². The van der Waals surface area contributed by atoms with Gasteiger partial charge in [0.2, 0.25) is 5.91 Å². The average molecular weight is 489 g/mol. The largest absolute Gasteiger partial charge is 0.497 e. The minimum Gasteiger partial charge on any atom is -0.497 e. The number of aromatic nitrogens is 3. The molecule has 1 saturated heterocycles. The Morgan fingerprint density at radius 1 is 1.11 bits per heavy atom. The van der Waals surface area contributed by atoms with Gasteiger partial charge < -0.3 is 14.2 Å². The molecule has 4 heterocycles. The Hall–Kier alpha value is -3.26. The van der Waals surface area contributed by atoms with E-state index in [9.17, 15) is 9.59 Å². The van der Waals surface area contributed by atoms with E-state index in [2.05, 4.69) is 24.3 Å². The molecule has 7 nitrogen and oxygen atoms in total. The third kappa shape index (κ3) is 3.99. The first kappa shape index (κ1) is 22.2. The maximum Gasteiger partial charge on any atom is 0.278 e. The normalized spacial score (nSPS) is 16.2. The lowest BCUT2D eigenvalue weighted by Crippen LogP contribution is -2.40. The molecule has 0 atom stereocenters. The van der Waals surface area contributed by atoms with Gasteiger partial charge in [0.05, 0.1) is 12.6 Å². The second kappa shape index (κ2) is 9.07. The lowest BCUT2D eigenvalue weighted by molar-refractivity contribution is -0.133. The number of nitrogens with zero attached hydrogens (tertiary/aromatic N) is 4. The van der Waals surface area contributed by atoms with E-state index in [4.69, 9.17) is 9.72 Å². The molecule has 8 heteroatoms. The van der Waals surface area contributed by atoms with Gasteiger partial charge in [0.1, 0.15) is 23.3 Å². The number of carbonyl (C=O) groups is 1. The summed E-state index contributed by atoms with van der Waals surface area (Å²) >= 11 is 1.60. The summed E-state index contributed by atoms with van der Waals surface area (Å²) in [6.07, 6.45) is 3.06. The number of likely N-dealkylation sites (tertiary alicyclic amines) is 1. The maximum atomic E-state index is 13.5. The van der Waals surface area contributed by atoms with Gasteiger partial charge in [0.15, 0.2) is 5.16 Å². The molecular formula is C27H28N4O3S. The molecule has 2 aromatic carbocycles. The fraction of sp³-hybridized carbons (Fsp3) is 0.370. The summed E-state index contributed by atoms with van der Waals surface area (Å²) in [5.41, 5.74) is 3.29. The highest BCUT2D eigenvalue weighted by molar-refractivity contribution is 7.99. The van der Waals surface area contributed by atoms with Crippen LogP contribution in [0.1, 0.15) is 18.4 Å². The van der Waals surface area contributed by atoms with Crippen molar-refractivity contribution in [1.82, 2.24) is 19.0 Å². The van der Waals surface area contributed by atoms with E-state index in [0.29, 0.717) is 29.2 Å². The van der Waals surface area contributed by atoms with Gasteiger partial charge in [-0.15, -0.1) is 0 Å². The molecule has 1 amide bonds. The quantitative estimate of drug-likeness (QED) is 0.398. The highest BCUT2D eigenvalue weighted by Gasteiger charge is 2.27. The predicted molar refractivity (Wildman–Crippen MR) is 138 cm³/mol. The summed E-state index contributed by atoms with van der Waals surface area (Å²) in [5, 5.41) is 1.60. The van der Waals surface area contributed by atoms with Crippen LogP contribution in [0.3, 0.4) is 0 Å². The Kier molecular flexibility index (Phi) is 5.76. The smallest absolute Gasteiger partial charge is 0.278 e. The monoisotopic (exact) mass is 488 g/mol. The summed E-state index contributed by atoms with van der Waals surface area (Å²) in [6.45, 7) is 2.30. The van der Waals surface area contributed by atoms with Gasteiger partial charge in [-0.05, 0) is 48.9 Å². The highest BCUT2D eigenvalue weighted by Crippen LogP contribution is 2.32. The third-order valence-electron chi connectivity index (χ3n) is 7.30. The minimum atomic E-state index is -0.0699. The molecule has 2 aliphatic rings. The number of rotatable bonds is 5. The topological polar surface area (TPSA) is 69.4 Å². The van der Waals surface area contributed by atoms with Crippen molar-refractivity contribution in [3.63, 3.8) is 0 Å². The van der Waals surface area contributed by atoms with Crippen LogP contribution in [0.4, 0.5) is 0 Å².